The summed E-state index contributed by atoms with van der Waals surface area (Å²) in [6, 6.07) is 6.33. The zero-order chi connectivity index (χ0) is 16.4. The van der Waals surface area contributed by atoms with Crippen molar-refractivity contribution >= 4 is 11.6 Å². The number of piperazine rings is 1. The van der Waals surface area contributed by atoms with E-state index in [9.17, 15) is 4.79 Å². The van der Waals surface area contributed by atoms with Crippen LogP contribution in [0.2, 0.25) is 0 Å². The predicted molar refractivity (Wildman–Crippen MR) is 94.5 cm³/mol. The highest BCUT2D eigenvalue weighted by Crippen LogP contribution is 2.28. The molecule has 0 atom stereocenters. The minimum absolute atomic E-state index is 0.131. The van der Waals surface area contributed by atoms with Crippen molar-refractivity contribution in [3.63, 3.8) is 0 Å². The zero-order valence-corrected chi connectivity index (χ0v) is 14.4. The van der Waals surface area contributed by atoms with E-state index in [1.54, 1.807) is 0 Å². The van der Waals surface area contributed by atoms with Gasteiger partial charge in [0, 0.05) is 43.5 Å². The Morgan fingerprint density at radius 3 is 2.39 bits per heavy atom. The van der Waals surface area contributed by atoms with Crippen LogP contribution < -0.4 is 5.73 Å². The summed E-state index contributed by atoms with van der Waals surface area (Å²) < 4.78 is 0. The first-order valence-electron chi connectivity index (χ1n) is 8.94. The molecule has 0 unspecified atom stereocenters. The lowest BCUT2D eigenvalue weighted by Gasteiger charge is -2.41. The normalized spacial score (nSPS) is 26.3. The quantitative estimate of drug-likeness (QED) is 0.854. The molecule has 1 saturated heterocycles. The van der Waals surface area contributed by atoms with Crippen LogP contribution in [0.15, 0.2) is 18.2 Å². The van der Waals surface area contributed by atoms with E-state index in [1.165, 1.54) is 25.7 Å². The van der Waals surface area contributed by atoms with E-state index >= 15 is 0 Å². The fraction of sp³-hybridized carbons (Fsp3) is 0.632. The summed E-state index contributed by atoms with van der Waals surface area (Å²) in [6.45, 7) is 8.02. The van der Waals surface area contributed by atoms with Crippen LogP contribution >= 0.6 is 0 Å². The Labute approximate surface area is 139 Å². The van der Waals surface area contributed by atoms with E-state index in [4.69, 9.17) is 5.73 Å². The van der Waals surface area contributed by atoms with Crippen molar-refractivity contribution in [1.82, 2.24) is 9.80 Å². The lowest BCUT2D eigenvalue weighted by atomic mass is 9.86. The molecule has 1 aromatic carbocycles. The van der Waals surface area contributed by atoms with Gasteiger partial charge in [-0.05, 0) is 56.2 Å². The van der Waals surface area contributed by atoms with E-state index in [0.29, 0.717) is 5.69 Å². The highest BCUT2D eigenvalue weighted by atomic mass is 16.2. The molecule has 4 nitrogen and oxygen atoms in total. The summed E-state index contributed by atoms with van der Waals surface area (Å²) in [5, 5.41) is 0. The van der Waals surface area contributed by atoms with Gasteiger partial charge in [0.2, 0.25) is 0 Å². The molecule has 1 heterocycles. The molecule has 0 bridgehead atoms. The third kappa shape index (κ3) is 3.69. The van der Waals surface area contributed by atoms with Crippen molar-refractivity contribution < 1.29 is 4.79 Å². The largest absolute Gasteiger partial charge is 0.399 e. The van der Waals surface area contributed by atoms with E-state index < -0.39 is 0 Å². The number of carbonyl (C=O) groups is 1. The van der Waals surface area contributed by atoms with Crippen LogP contribution in [0.3, 0.4) is 0 Å². The predicted octanol–water partition coefficient (Wildman–Crippen LogP) is 2.91. The third-order valence-corrected chi connectivity index (χ3v) is 5.60. The number of nitrogens with zero attached hydrogens (tertiary/aromatic N) is 2. The van der Waals surface area contributed by atoms with Gasteiger partial charge in [0.1, 0.15) is 0 Å². The zero-order valence-electron chi connectivity index (χ0n) is 14.4. The van der Waals surface area contributed by atoms with Crippen LogP contribution in [0, 0.1) is 12.8 Å². The van der Waals surface area contributed by atoms with Crippen LogP contribution in [0.1, 0.15) is 48.5 Å². The Morgan fingerprint density at radius 2 is 1.74 bits per heavy atom. The number of nitrogen functional groups attached to an aromatic ring is 1. The van der Waals surface area contributed by atoms with E-state index in [0.717, 1.165) is 49.3 Å². The molecule has 1 aliphatic heterocycles. The van der Waals surface area contributed by atoms with E-state index in [-0.39, 0.29) is 5.91 Å². The SMILES string of the molecule is Cc1ccc(N)cc1C(=O)N1CCN(C2CCC(C)CC2)CC1. The first kappa shape index (κ1) is 16.3. The van der Waals surface area contributed by atoms with Crippen LogP contribution in [0.4, 0.5) is 5.69 Å². The maximum atomic E-state index is 12.8. The van der Waals surface area contributed by atoms with Gasteiger partial charge < -0.3 is 10.6 Å². The smallest absolute Gasteiger partial charge is 0.254 e. The topological polar surface area (TPSA) is 49.6 Å². The van der Waals surface area contributed by atoms with Crippen molar-refractivity contribution in [2.45, 2.75) is 45.6 Å². The molecule has 2 aliphatic rings. The van der Waals surface area contributed by atoms with Crippen molar-refractivity contribution in [3.8, 4) is 0 Å². The summed E-state index contributed by atoms with van der Waals surface area (Å²) >= 11 is 0. The molecule has 0 aromatic heterocycles. The maximum absolute atomic E-state index is 12.8. The third-order valence-electron chi connectivity index (χ3n) is 5.60. The van der Waals surface area contributed by atoms with Gasteiger partial charge in [-0.25, -0.2) is 0 Å². The molecule has 0 radical (unpaired) electrons. The molecule has 2 N–H and O–H groups in total. The first-order valence-corrected chi connectivity index (χ1v) is 8.94. The van der Waals surface area contributed by atoms with Crippen LogP contribution in [0.25, 0.3) is 0 Å². The van der Waals surface area contributed by atoms with Crippen LogP contribution in [0.5, 0.6) is 0 Å². The molecule has 1 aliphatic carbocycles. The van der Waals surface area contributed by atoms with Gasteiger partial charge >= 0.3 is 0 Å². The van der Waals surface area contributed by atoms with Gasteiger partial charge in [0.05, 0.1) is 0 Å². The molecule has 2 fully saturated rings. The minimum Gasteiger partial charge on any atom is -0.399 e. The van der Waals surface area contributed by atoms with Crippen molar-refractivity contribution in [2.24, 2.45) is 5.92 Å². The number of amides is 1. The van der Waals surface area contributed by atoms with Crippen molar-refractivity contribution in [1.29, 1.82) is 0 Å². The number of anilines is 1. The molecular weight excluding hydrogens is 286 g/mol. The Hall–Kier alpha value is -1.55. The molecular formula is C19H29N3O. The van der Waals surface area contributed by atoms with Crippen LogP contribution in [-0.4, -0.2) is 47.9 Å². The number of aryl methyl sites for hydroxylation is 1. The summed E-state index contributed by atoms with van der Waals surface area (Å²) in [6.07, 6.45) is 5.35. The molecule has 1 saturated carbocycles. The highest BCUT2D eigenvalue weighted by Gasteiger charge is 2.29. The van der Waals surface area contributed by atoms with Gasteiger partial charge in [0.15, 0.2) is 0 Å². The summed E-state index contributed by atoms with van der Waals surface area (Å²) in [5.41, 5.74) is 8.27. The van der Waals surface area contributed by atoms with Crippen LogP contribution in [-0.2, 0) is 0 Å². The van der Waals surface area contributed by atoms with E-state index in [2.05, 4.69) is 11.8 Å². The second-order valence-electron chi connectivity index (χ2n) is 7.32. The average molecular weight is 315 g/mol. The van der Waals surface area contributed by atoms with Crippen molar-refractivity contribution in [3.05, 3.63) is 29.3 Å². The Bertz CT molecular complexity index is 556. The molecule has 4 heteroatoms. The monoisotopic (exact) mass is 315 g/mol. The highest BCUT2D eigenvalue weighted by molar-refractivity contribution is 5.96. The fourth-order valence-electron chi connectivity index (χ4n) is 3.94. The van der Waals surface area contributed by atoms with Gasteiger partial charge in [-0.3, -0.25) is 9.69 Å². The number of benzene rings is 1. The fourth-order valence-corrected chi connectivity index (χ4v) is 3.94. The molecule has 3 rings (SSSR count). The summed E-state index contributed by atoms with van der Waals surface area (Å²) in [4.78, 5) is 17.3. The number of hydrogen-bond acceptors (Lipinski definition) is 3. The van der Waals surface area contributed by atoms with Gasteiger partial charge in [-0.15, -0.1) is 0 Å². The number of nitrogens with two attached hydrogens (primary N) is 1. The Morgan fingerprint density at radius 1 is 1.09 bits per heavy atom. The van der Waals surface area contributed by atoms with Gasteiger partial charge in [-0.2, -0.15) is 0 Å². The second kappa shape index (κ2) is 6.91. The standard InChI is InChI=1S/C19H29N3O/c1-14-3-7-17(8-4-14)21-9-11-22(12-10-21)19(23)18-13-16(20)6-5-15(18)2/h5-6,13-14,17H,3-4,7-12,20H2,1-2H3. The minimum atomic E-state index is 0.131. The Kier molecular flexibility index (Phi) is 4.90. The van der Waals surface area contributed by atoms with Gasteiger partial charge in [0.25, 0.3) is 5.91 Å². The number of carbonyl (C=O) groups excluding carboxylic acids is 1. The molecule has 1 aromatic rings. The molecule has 126 valence electrons. The van der Waals surface area contributed by atoms with E-state index in [1.807, 2.05) is 30.0 Å². The molecule has 23 heavy (non-hydrogen) atoms. The lowest BCUT2D eigenvalue weighted by molar-refractivity contribution is 0.0501. The summed E-state index contributed by atoms with van der Waals surface area (Å²) in [7, 11) is 0. The first-order chi connectivity index (χ1) is 11.0. The average Bonchev–Trinajstić information content (AvgIpc) is 2.57. The van der Waals surface area contributed by atoms with Gasteiger partial charge in [-0.1, -0.05) is 13.0 Å². The number of rotatable bonds is 2. The molecule has 0 spiro atoms. The maximum Gasteiger partial charge on any atom is 0.254 e. The Balaban J connectivity index is 1.58. The molecule has 1 amide bonds. The van der Waals surface area contributed by atoms with Crippen molar-refractivity contribution in [2.75, 3.05) is 31.9 Å². The summed E-state index contributed by atoms with van der Waals surface area (Å²) in [5.74, 6) is 1.02. The second-order valence-corrected chi connectivity index (χ2v) is 7.32. The number of hydrogen-bond donors (Lipinski definition) is 1. The lowest BCUT2D eigenvalue weighted by Crippen LogP contribution is -2.52.